The summed E-state index contributed by atoms with van der Waals surface area (Å²) in [5, 5.41) is 7.15. The Kier molecular flexibility index (Phi) is 4.91. The van der Waals surface area contributed by atoms with Crippen LogP contribution >= 0.6 is 0 Å². The maximum Gasteiger partial charge on any atom is 0.123 e. The number of halogens is 2. The molecule has 0 amide bonds. The molecule has 1 aliphatic heterocycles. The fraction of sp³-hybridized carbons (Fsp3) is 0.192. The van der Waals surface area contributed by atoms with Gasteiger partial charge in [-0.1, -0.05) is 42.5 Å². The summed E-state index contributed by atoms with van der Waals surface area (Å²) in [6.45, 7) is 0. The Labute approximate surface area is 175 Å². The summed E-state index contributed by atoms with van der Waals surface area (Å²) in [7, 11) is 0. The highest BCUT2D eigenvalue weighted by Gasteiger charge is 2.41. The maximum absolute atomic E-state index is 13.6. The quantitative estimate of drug-likeness (QED) is 0.474. The minimum Gasteiger partial charge on any atom is -0.257 e. The van der Waals surface area contributed by atoms with Gasteiger partial charge in [-0.25, -0.2) is 8.78 Å². The van der Waals surface area contributed by atoms with Gasteiger partial charge >= 0.3 is 0 Å². The summed E-state index contributed by atoms with van der Waals surface area (Å²) in [4.78, 5) is 0. The SMILES string of the molecule is Fc1ccc(C=C2CCC[C@H]3C2=NN(c2ccccc2)[C@@H]3c2ccc(F)cc2)cc1. The van der Waals surface area contributed by atoms with Crippen LogP contribution in [0.4, 0.5) is 14.5 Å². The average Bonchev–Trinajstić information content (AvgIpc) is 3.17. The van der Waals surface area contributed by atoms with E-state index in [9.17, 15) is 8.78 Å². The Balaban J connectivity index is 1.58. The molecule has 0 spiro atoms. The molecule has 0 radical (unpaired) electrons. The number of benzene rings is 3. The number of rotatable bonds is 3. The lowest BCUT2D eigenvalue weighted by Gasteiger charge is -2.30. The Hall–Kier alpha value is -3.27. The van der Waals surface area contributed by atoms with Crippen LogP contribution in [0.15, 0.2) is 89.5 Å². The summed E-state index contributed by atoms with van der Waals surface area (Å²) in [6.07, 6.45) is 5.17. The van der Waals surface area contributed by atoms with Gasteiger partial charge in [-0.15, -0.1) is 0 Å². The molecule has 1 heterocycles. The van der Waals surface area contributed by atoms with Gasteiger partial charge in [0.15, 0.2) is 0 Å². The molecule has 0 aromatic heterocycles. The van der Waals surface area contributed by atoms with Gasteiger partial charge in [0.25, 0.3) is 0 Å². The number of hydrogen-bond acceptors (Lipinski definition) is 2. The Morgan fingerprint density at radius 1 is 0.833 bits per heavy atom. The molecule has 4 heteroatoms. The molecule has 1 aliphatic carbocycles. The second kappa shape index (κ2) is 7.86. The van der Waals surface area contributed by atoms with Gasteiger partial charge in [-0.2, -0.15) is 5.10 Å². The number of hydrazone groups is 1. The molecule has 0 saturated heterocycles. The monoisotopic (exact) mass is 400 g/mol. The number of allylic oxidation sites excluding steroid dienone is 1. The van der Waals surface area contributed by atoms with E-state index < -0.39 is 0 Å². The van der Waals surface area contributed by atoms with Crippen molar-refractivity contribution in [3.05, 3.63) is 107 Å². The number of para-hydroxylation sites is 1. The van der Waals surface area contributed by atoms with Crippen LogP contribution in [0.1, 0.15) is 36.4 Å². The van der Waals surface area contributed by atoms with E-state index in [0.29, 0.717) is 0 Å². The van der Waals surface area contributed by atoms with Gasteiger partial charge in [-0.3, -0.25) is 5.01 Å². The van der Waals surface area contributed by atoms with Crippen molar-refractivity contribution in [1.29, 1.82) is 0 Å². The van der Waals surface area contributed by atoms with Crippen molar-refractivity contribution in [3.8, 4) is 0 Å². The predicted molar refractivity (Wildman–Crippen MR) is 117 cm³/mol. The maximum atomic E-state index is 13.6. The van der Waals surface area contributed by atoms with Crippen molar-refractivity contribution in [2.75, 3.05) is 5.01 Å². The molecule has 2 aliphatic rings. The smallest absolute Gasteiger partial charge is 0.123 e. The van der Waals surface area contributed by atoms with Crippen LogP contribution in [-0.4, -0.2) is 5.71 Å². The lowest BCUT2D eigenvalue weighted by Crippen LogP contribution is -2.28. The third kappa shape index (κ3) is 3.54. The molecule has 3 aromatic rings. The third-order valence-corrected chi connectivity index (χ3v) is 5.94. The van der Waals surface area contributed by atoms with Crippen molar-refractivity contribution in [3.63, 3.8) is 0 Å². The van der Waals surface area contributed by atoms with E-state index >= 15 is 0 Å². The molecule has 3 aromatic carbocycles. The van der Waals surface area contributed by atoms with Crippen molar-refractivity contribution < 1.29 is 8.78 Å². The highest BCUT2D eigenvalue weighted by molar-refractivity contribution is 6.08. The average molecular weight is 400 g/mol. The first kappa shape index (κ1) is 18.7. The number of fused-ring (bicyclic) bond motifs is 1. The minimum atomic E-state index is -0.233. The van der Waals surface area contributed by atoms with Gasteiger partial charge in [0.1, 0.15) is 11.6 Å². The van der Waals surface area contributed by atoms with Crippen molar-refractivity contribution in [2.45, 2.75) is 25.3 Å². The summed E-state index contributed by atoms with van der Waals surface area (Å²) >= 11 is 0. The van der Waals surface area contributed by atoms with Crippen molar-refractivity contribution in [1.82, 2.24) is 0 Å². The second-order valence-corrected chi connectivity index (χ2v) is 7.88. The topological polar surface area (TPSA) is 15.6 Å². The zero-order valence-corrected chi connectivity index (χ0v) is 16.5. The molecule has 2 atom stereocenters. The van der Waals surface area contributed by atoms with Crippen LogP contribution in [0.5, 0.6) is 0 Å². The number of anilines is 1. The molecule has 0 N–H and O–H groups in total. The van der Waals surface area contributed by atoms with Gasteiger partial charge in [-0.05, 0) is 78.4 Å². The molecule has 1 saturated carbocycles. The van der Waals surface area contributed by atoms with E-state index in [2.05, 4.69) is 23.2 Å². The first-order valence-corrected chi connectivity index (χ1v) is 10.3. The molecular formula is C26H22F2N2. The zero-order chi connectivity index (χ0) is 20.5. The first-order chi connectivity index (χ1) is 14.7. The zero-order valence-electron chi connectivity index (χ0n) is 16.5. The predicted octanol–water partition coefficient (Wildman–Crippen LogP) is 6.77. The van der Waals surface area contributed by atoms with E-state index in [1.54, 1.807) is 12.1 Å². The highest BCUT2D eigenvalue weighted by atomic mass is 19.1. The fourth-order valence-electron chi connectivity index (χ4n) is 4.55. The van der Waals surface area contributed by atoms with Gasteiger partial charge < -0.3 is 0 Å². The van der Waals surface area contributed by atoms with E-state index in [1.165, 1.54) is 29.8 Å². The minimum absolute atomic E-state index is 0.0277. The first-order valence-electron chi connectivity index (χ1n) is 10.3. The largest absolute Gasteiger partial charge is 0.257 e. The molecule has 5 rings (SSSR count). The molecule has 0 unspecified atom stereocenters. The third-order valence-electron chi connectivity index (χ3n) is 5.94. The molecule has 0 bridgehead atoms. The molecular weight excluding hydrogens is 378 g/mol. The Morgan fingerprint density at radius 3 is 2.20 bits per heavy atom. The standard InChI is InChI=1S/C26H22F2N2/c27-21-13-9-18(10-14-21)17-20-5-4-8-24-25(20)29-30(23-6-2-1-3-7-23)26(24)19-11-15-22(28)16-12-19/h1-3,6-7,9-17,24,26H,4-5,8H2/t24-,26+/m0/s1. The Morgan fingerprint density at radius 2 is 1.50 bits per heavy atom. The molecule has 30 heavy (non-hydrogen) atoms. The highest BCUT2D eigenvalue weighted by Crippen LogP contribution is 2.46. The van der Waals surface area contributed by atoms with Gasteiger partial charge in [0.2, 0.25) is 0 Å². The summed E-state index contributed by atoms with van der Waals surface area (Å²) < 4.78 is 26.9. The van der Waals surface area contributed by atoms with Crippen molar-refractivity contribution >= 4 is 17.5 Å². The molecule has 150 valence electrons. The van der Waals surface area contributed by atoms with Gasteiger partial charge in [0.05, 0.1) is 17.4 Å². The van der Waals surface area contributed by atoms with Crippen LogP contribution in [-0.2, 0) is 0 Å². The second-order valence-electron chi connectivity index (χ2n) is 7.88. The van der Waals surface area contributed by atoms with Crippen LogP contribution in [0, 0.1) is 17.6 Å². The lowest BCUT2D eigenvalue weighted by molar-refractivity contribution is 0.487. The number of hydrogen-bond donors (Lipinski definition) is 0. The van der Waals surface area contributed by atoms with E-state index in [-0.39, 0.29) is 23.6 Å². The van der Waals surface area contributed by atoms with E-state index in [1.807, 2.05) is 30.3 Å². The fourth-order valence-corrected chi connectivity index (χ4v) is 4.55. The normalized spacial score (nSPS) is 22.1. The summed E-state index contributed by atoms with van der Waals surface area (Å²) in [5.74, 6) is -0.232. The summed E-state index contributed by atoms with van der Waals surface area (Å²) in [6, 6.07) is 23.5. The van der Waals surface area contributed by atoms with Gasteiger partial charge in [0, 0.05) is 5.92 Å². The summed E-state index contributed by atoms with van der Waals surface area (Å²) in [5.41, 5.74) is 5.35. The van der Waals surface area contributed by atoms with Crippen LogP contribution in [0.2, 0.25) is 0 Å². The lowest BCUT2D eigenvalue weighted by atomic mass is 9.77. The van der Waals surface area contributed by atoms with E-state index in [4.69, 9.17) is 5.10 Å². The Bertz CT molecular complexity index is 1090. The van der Waals surface area contributed by atoms with E-state index in [0.717, 1.165) is 41.8 Å². The van der Waals surface area contributed by atoms with Crippen LogP contribution in [0.3, 0.4) is 0 Å². The van der Waals surface area contributed by atoms with Crippen LogP contribution < -0.4 is 5.01 Å². The van der Waals surface area contributed by atoms with Crippen LogP contribution in [0.25, 0.3) is 6.08 Å². The molecule has 2 nitrogen and oxygen atoms in total. The van der Waals surface area contributed by atoms with Crippen molar-refractivity contribution in [2.24, 2.45) is 11.0 Å². The molecule has 1 fully saturated rings. The number of nitrogens with zero attached hydrogens (tertiary/aromatic N) is 2.